The summed E-state index contributed by atoms with van der Waals surface area (Å²) in [7, 11) is -4.29. The zero-order valence-corrected chi connectivity index (χ0v) is 22.6. The Hall–Kier alpha value is -3.73. The molecular formula is C26H29O12P. The molecule has 3 rings (SSSR count). The highest BCUT2D eigenvalue weighted by Crippen LogP contribution is 2.50. The standard InChI is InChI=1S/C26H29O12P/c1-16(27)32-15-22-23(33-17(2)28)24(34-18(3)29)25(35-19(4)30)26(36-22)38-39(31,21-13-9-6-10-14-21)37-20-11-7-5-8-12-20/h5-14,22-26H,15H2,1-4H3/t22-,23-,24+,25-,26+,39?/m1/s1. The summed E-state index contributed by atoms with van der Waals surface area (Å²) in [6.45, 7) is 3.97. The first-order chi connectivity index (χ1) is 18.5. The van der Waals surface area contributed by atoms with Crippen LogP contribution < -0.4 is 9.83 Å². The number of carbonyl (C=O) groups excluding carboxylic acids is 4. The van der Waals surface area contributed by atoms with E-state index in [1.54, 1.807) is 48.5 Å². The van der Waals surface area contributed by atoms with Crippen molar-refractivity contribution < 1.29 is 56.5 Å². The first-order valence-electron chi connectivity index (χ1n) is 11.9. The molecule has 0 amide bonds. The molecule has 0 bridgehead atoms. The average molecular weight is 564 g/mol. The second-order valence-corrected chi connectivity index (χ2v) is 10.3. The van der Waals surface area contributed by atoms with Gasteiger partial charge in [0.05, 0.1) is 5.30 Å². The third-order valence-electron chi connectivity index (χ3n) is 5.23. The van der Waals surface area contributed by atoms with Gasteiger partial charge in [0.15, 0.2) is 18.3 Å². The molecule has 0 saturated carbocycles. The lowest BCUT2D eigenvalue weighted by molar-refractivity contribution is -0.289. The van der Waals surface area contributed by atoms with Crippen LogP contribution >= 0.6 is 7.60 Å². The van der Waals surface area contributed by atoms with Crippen molar-refractivity contribution in [3.05, 3.63) is 60.7 Å². The molecule has 1 saturated heterocycles. The maximum atomic E-state index is 14.3. The summed E-state index contributed by atoms with van der Waals surface area (Å²) in [6.07, 6.45) is -7.42. The van der Waals surface area contributed by atoms with Gasteiger partial charge in [-0.05, 0) is 24.3 Å². The van der Waals surface area contributed by atoms with Crippen LogP contribution in [0.5, 0.6) is 5.75 Å². The molecule has 12 nitrogen and oxygen atoms in total. The maximum Gasteiger partial charge on any atom is 0.413 e. The second-order valence-electron chi connectivity index (χ2n) is 8.41. The molecule has 2 aromatic rings. The van der Waals surface area contributed by atoms with Gasteiger partial charge < -0.3 is 28.2 Å². The lowest BCUT2D eigenvalue weighted by Crippen LogP contribution is -2.62. The van der Waals surface area contributed by atoms with Crippen molar-refractivity contribution in [2.45, 2.75) is 58.4 Å². The Bertz CT molecular complexity index is 1200. The topological polar surface area (TPSA) is 150 Å². The minimum absolute atomic E-state index is 0.140. The number of carbonyl (C=O) groups is 4. The van der Waals surface area contributed by atoms with Crippen molar-refractivity contribution in [3.63, 3.8) is 0 Å². The van der Waals surface area contributed by atoms with E-state index in [-0.39, 0.29) is 11.1 Å². The number of benzene rings is 2. The van der Waals surface area contributed by atoms with Crippen molar-refractivity contribution in [1.29, 1.82) is 0 Å². The Morgan fingerprint density at radius 3 is 1.77 bits per heavy atom. The van der Waals surface area contributed by atoms with E-state index in [1.165, 1.54) is 12.1 Å². The molecule has 0 spiro atoms. The number of esters is 4. The van der Waals surface area contributed by atoms with Crippen LogP contribution in [0, 0.1) is 0 Å². The Kier molecular flexibility index (Phi) is 10.2. The van der Waals surface area contributed by atoms with Crippen LogP contribution in [0.4, 0.5) is 0 Å². The number of rotatable bonds is 10. The fourth-order valence-electron chi connectivity index (χ4n) is 3.78. The third-order valence-corrected chi connectivity index (χ3v) is 7.10. The number of hydrogen-bond acceptors (Lipinski definition) is 12. The van der Waals surface area contributed by atoms with Crippen molar-refractivity contribution in [1.82, 2.24) is 0 Å². The van der Waals surface area contributed by atoms with Crippen LogP contribution in [0.25, 0.3) is 0 Å². The van der Waals surface area contributed by atoms with Gasteiger partial charge in [-0.15, -0.1) is 0 Å². The lowest BCUT2D eigenvalue weighted by atomic mass is 9.98. The first kappa shape index (κ1) is 29.8. The van der Waals surface area contributed by atoms with Gasteiger partial charge in [0.2, 0.25) is 6.29 Å². The fraction of sp³-hybridized carbons (Fsp3) is 0.385. The molecule has 1 aliphatic heterocycles. The maximum absolute atomic E-state index is 14.3. The summed E-state index contributed by atoms with van der Waals surface area (Å²) in [4.78, 5) is 47.6. The van der Waals surface area contributed by atoms with Gasteiger partial charge in [-0.2, -0.15) is 0 Å². The largest absolute Gasteiger partial charge is 0.463 e. The normalized spacial score (nSPS) is 23.9. The first-order valence-corrected chi connectivity index (χ1v) is 13.4. The molecule has 0 aliphatic carbocycles. The Balaban J connectivity index is 2.08. The molecule has 0 N–H and O–H groups in total. The fourth-order valence-corrected chi connectivity index (χ4v) is 5.43. The van der Waals surface area contributed by atoms with E-state index in [2.05, 4.69) is 0 Å². The Morgan fingerprint density at radius 1 is 0.718 bits per heavy atom. The summed E-state index contributed by atoms with van der Waals surface area (Å²) >= 11 is 0. The van der Waals surface area contributed by atoms with Gasteiger partial charge >= 0.3 is 31.5 Å². The molecule has 1 unspecified atom stereocenters. The molecule has 1 heterocycles. The minimum Gasteiger partial charge on any atom is -0.463 e. The van der Waals surface area contributed by atoms with Crippen molar-refractivity contribution in [3.8, 4) is 5.75 Å². The molecule has 1 fully saturated rings. The van der Waals surface area contributed by atoms with E-state index >= 15 is 0 Å². The molecule has 6 atom stereocenters. The van der Waals surface area contributed by atoms with Crippen molar-refractivity contribution >= 4 is 36.8 Å². The van der Waals surface area contributed by atoms with E-state index in [0.29, 0.717) is 0 Å². The molecule has 1 aliphatic rings. The zero-order valence-electron chi connectivity index (χ0n) is 21.7. The van der Waals surface area contributed by atoms with Crippen LogP contribution in [0.1, 0.15) is 27.7 Å². The average Bonchev–Trinajstić information content (AvgIpc) is 2.87. The molecule has 2 aromatic carbocycles. The summed E-state index contributed by atoms with van der Waals surface area (Å²) in [5.74, 6) is -2.89. The zero-order chi connectivity index (χ0) is 28.6. The highest BCUT2D eigenvalue weighted by atomic mass is 31.2. The lowest BCUT2D eigenvalue weighted by Gasteiger charge is -2.44. The van der Waals surface area contributed by atoms with Gasteiger partial charge in [-0.1, -0.05) is 36.4 Å². The van der Waals surface area contributed by atoms with E-state index in [9.17, 15) is 23.7 Å². The highest BCUT2D eigenvalue weighted by molar-refractivity contribution is 7.62. The highest BCUT2D eigenvalue weighted by Gasteiger charge is 2.55. The van der Waals surface area contributed by atoms with Crippen molar-refractivity contribution in [2.75, 3.05) is 6.61 Å². The smallest absolute Gasteiger partial charge is 0.413 e. The summed E-state index contributed by atoms with van der Waals surface area (Å²) in [5, 5.41) is 0.140. The van der Waals surface area contributed by atoms with E-state index in [4.69, 9.17) is 32.7 Å². The van der Waals surface area contributed by atoms with Crippen LogP contribution in [0.3, 0.4) is 0 Å². The van der Waals surface area contributed by atoms with Gasteiger partial charge in [-0.25, -0.2) is 4.57 Å². The summed E-state index contributed by atoms with van der Waals surface area (Å²) in [5.41, 5.74) is 0. The number of hydrogen-bond donors (Lipinski definition) is 0. The Labute approximate surface area is 224 Å². The Morgan fingerprint density at radius 2 is 1.23 bits per heavy atom. The molecule has 13 heteroatoms. The van der Waals surface area contributed by atoms with Crippen LogP contribution in [0.15, 0.2) is 60.7 Å². The molecule has 0 aromatic heterocycles. The predicted molar refractivity (Wildman–Crippen MR) is 134 cm³/mol. The van der Waals surface area contributed by atoms with Crippen molar-refractivity contribution in [2.24, 2.45) is 0 Å². The number of para-hydroxylation sites is 1. The van der Waals surface area contributed by atoms with Crippen LogP contribution in [-0.4, -0.2) is 61.2 Å². The SMILES string of the molecule is CC(=O)OC[C@H]1O[C@@H](OP(=O)(Oc2ccccc2)c2ccccc2)[C@H](OC(C)=O)[C@@H](OC(C)=O)[C@@H]1OC(C)=O. The monoisotopic (exact) mass is 564 g/mol. The second kappa shape index (κ2) is 13.4. The van der Waals surface area contributed by atoms with Crippen LogP contribution in [-0.2, 0) is 52.0 Å². The molecule has 39 heavy (non-hydrogen) atoms. The van der Waals surface area contributed by atoms with E-state index in [1.807, 2.05) is 0 Å². The van der Waals surface area contributed by atoms with E-state index < -0.39 is 68.8 Å². The predicted octanol–water partition coefficient (Wildman–Crippen LogP) is 2.68. The van der Waals surface area contributed by atoms with Gasteiger partial charge in [0, 0.05) is 27.7 Å². The third kappa shape index (κ3) is 8.38. The molecule has 0 radical (unpaired) electrons. The van der Waals surface area contributed by atoms with Gasteiger partial charge in [0.25, 0.3) is 0 Å². The van der Waals surface area contributed by atoms with Crippen LogP contribution in [0.2, 0.25) is 0 Å². The summed E-state index contributed by atoms with van der Waals surface area (Å²) < 4.78 is 53.2. The minimum atomic E-state index is -4.29. The number of ether oxygens (including phenoxy) is 5. The van der Waals surface area contributed by atoms with Gasteiger partial charge in [0.1, 0.15) is 18.5 Å². The molecular weight excluding hydrogens is 535 g/mol. The van der Waals surface area contributed by atoms with E-state index in [0.717, 1.165) is 27.7 Å². The van der Waals surface area contributed by atoms with Gasteiger partial charge in [-0.3, -0.25) is 23.7 Å². The summed E-state index contributed by atoms with van der Waals surface area (Å²) in [6, 6.07) is 16.1. The molecule has 210 valence electrons. The quantitative estimate of drug-likeness (QED) is 0.237.